The molecule has 0 N–H and O–H groups in total. The van der Waals surface area contributed by atoms with Crippen molar-refractivity contribution in [3.8, 4) is 5.75 Å². The number of ether oxygens (including phenoxy) is 1. The summed E-state index contributed by atoms with van der Waals surface area (Å²) in [6, 6.07) is 9.88. The Kier molecular flexibility index (Phi) is 4.66. The van der Waals surface area contributed by atoms with E-state index in [1.165, 1.54) is 0 Å². The summed E-state index contributed by atoms with van der Waals surface area (Å²) in [5.74, 6) is 0.900. The lowest BCUT2D eigenvalue weighted by Crippen LogP contribution is -2.48. The number of hydrogen-bond donors (Lipinski definition) is 0. The van der Waals surface area contributed by atoms with Gasteiger partial charge in [0.15, 0.2) is 5.65 Å². The summed E-state index contributed by atoms with van der Waals surface area (Å²) in [4.78, 5) is 25.7. The first-order valence-electron chi connectivity index (χ1n) is 9.20. The van der Waals surface area contributed by atoms with Crippen molar-refractivity contribution < 1.29 is 9.53 Å². The van der Waals surface area contributed by atoms with E-state index in [0.717, 1.165) is 35.7 Å². The molecule has 3 heterocycles. The van der Waals surface area contributed by atoms with Gasteiger partial charge in [-0.05, 0) is 25.1 Å². The van der Waals surface area contributed by atoms with Crippen LogP contribution in [0.2, 0.25) is 0 Å². The van der Waals surface area contributed by atoms with Gasteiger partial charge in [-0.3, -0.25) is 4.79 Å². The fourth-order valence-corrected chi connectivity index (χ4v) is 3.46. The van der Waals surface area contributed by atoms with Gasteiger partial charge in [0.25, 0.3) is 5.91 Å². The molecule has 3 aromatic rings. The van der Waals surface area contributed by atoms with Crippen LogP contribution in [0.1, 0.15) is 17.3 Å². The molecule has 0 radical (unpaired) electrons. The van der Waals surface area contributed by atoms with Crippen molar-refractivity contribution in [1.82, 2.24) is 19.4 Å². The normalized spacial score (nSPS) is 14.6. The quantitative estimate of drug-likeness (QED) is 0.710. The number of amides is 1. The van der Waals surface area contributed by atoms with Gasteiger partial charge >= 0.3 is 0 Å². The Balaban J connectivity index is 1.46. The van der Waals surface area contributed by atoms with Crippen molar-refractivity contribution in [3.05, 3.63) is 48.4 Å². The summed E-state index contributed by atoms with van der Waals surface area (Å²) in [7, 11) is 1.89. The maximum absolute atomic E-state index is 12.9. The molecule has 0 spiro atoms. The van der Waals surface area contributed by atoms with E-state index in [1.54, 1.807) is 12.5 Å². The third-order valence-electron chi connectivity index (χ3n) is 4.87. The second-order valence-corrected chi connectivity index (χ2v) is 6.60. The number of piperazine rings is 1. The average molecular weight is 365 g/mol. The number of para-hydroxylation sites is 2. The van der Waals surface area contributed by atoms with Crippen molar-refractivity contribution in [1.29, 1.82) is 0 Å². The predicted molar refractivity (Wildman–Crippen MR) is 104 cm³/mol. The number of rotatable bonds is 4. The largest absolute Gasteiger partial charge is 0.492 e. The number of carbonyl (C=O) groups is 1. The molecule has 140 valence electrons. The number of anilines is 1. The average Bonchev–Trinajstić information content (AvgIpc) is 3.08. The van der Waals surface area contributed by atoms with Gasteiger partial charge in [0.1, 0.15) is 11.3 Å². The number of pyridine rings is 1. The molecule has 7 heteroatoms. The molecule has 1 aromatic carbocycles. The number of aryl methyl sites for hydroxylation is 1. The summed E-state index contributed by atoms with van der Waals surface area (Å²) < 4.78 is 7.58. The molecular weight excluding hydrogens is 342 g/mol. The minimum Gasteiger partial charge on any atom is -0.492 e. The fourth-order valence-electron chi connectivity index (χ4n) is 3.46. The third kappa shape index (κ3) is 3.32. The Morgan fingerprint density at radius 1 is 1.15 bits per heavy atom. The van der Waals surface area contributed by atoms with Gasteiger partial charge in [0, 0.05) is 39.4 Å². The van der Waals surface area contributed by atoms with Gasteiger partial charge < -0.3 is 19.1 Å². The van der Waals surface area contributed by atoms with Crippen LogP contribution in [0.5, 0.6) is 5.75 Å². The number of nitrogens with zero attached hydrogens (tertiary/aromatic N) is 5. The maximum atomic E-state index is 12.9. The molecule has 7 nitrogen and oxygen atoms in total. The maximum Gasteiger partial charge on any atom is 0.255 e. The summed E-state index contributed by atoms with van der Waals surface area (Å²) >= 11 is 0. The molecule has 0 bridgehead atoms. The zero-order chi connectivity index (χ0) is 18.8. The molecule has 1 aliphatic rings. The molecule has 1 amide bonds. The number of carbonyl (C=O) groups excluding carboxylic acids is 1. The SMILES string of the molecule is CCOc1ccccc1N1CCN(C(=O)c2cnc3c(c2)ncn3C)CC1. The van der Waals surface area contributed by atoms with Crippen molar-refractivity contribution in [2.75, 3.05) is 37.7 Å². The highest BCUT2D eigenvalue weighted by molar-refractivity contribution is 5.96. The van der Waals surface area contributed by atoms with E-state index in [1.807, 2.05) is 47.7 Å². The second-order valence-electron chi connectivity index (χ2n) is 6.60. The molecule has 1 aliphatic heterocycles. The third-order valence-corrected chi connectivity index (χ3v) is 4.87. The van der Waals surface area contributed by atoms with E-state index in [4.69, 9.17) is 4.74 Å². The summed E-state index contributed by atoms with van der Waals surface area (Å²) in [5.41, 5.74) is 3.20. The molecule has 2 aromatic heterocycles. The van der Waals surface area contributed by atoms with E-state index in [2.05, 4.69) is 20.9 Å². The molecule has 27 heavy (non-hydrogen) atoms. The summed E-state index contributed by atoms with van der Waals surface area (Å²) in [6.45, 7) is 5.50. The van der Waals surface area contributed by atoms with Gasteiger partial charge in [-0.15, -0.1) is 0 Å². The van der Waals surface area contributed by atoms with Gasteiger partial charge in [0.05, 0.1) is 24.2 Å². The van der Waals surface area contributed by atoms with Gasteiger partial charge in [0.2, 0.25) is 0 Å². The van der Waals surface area contributed by atoms with Crippen LogP contribution in [-0.4, -0.2) is 58.1 Å². The first-order valence-corrected chi connectivity index (χ1v) is 9.20. The van der Waals surface area contributed by atoms with Crippen LogP contribution in [0.15, 0.2) is 42.9 Å². The van der Waals surface area contributed by atoms with Gasteiger partial charge in [-0.25, -0.2) is 9.97 Å². The first kappa shape index (κ1) is 17.3. The monoisotopic (exact) mass is 365 g/mol. The minimum atomic E-state index is 0.00722. The number of imidazole rings is 1. The standard InChI is InChI=1S/C20H23N5O2/c1-3-27-18-7-5-4-6-17(18)24-8-10-25(11-9-24)20(26)15-12-16-19(21-13-15)23(2)14-22-16/h4-7,12-14H,3,8-11H2,1-2H3. The van der Waals surface area contributed by atoms with Crippen LogP contribution in [0.4, 0.5) is 5.69 Å². The van der Waals surface area contributed by atoms with E-state index >= 15 is 0 Å². The van der Waals surface area contributed by atoms with Crippen LogP contribution in [0.25, 0.3) is 11.2 Å². The lowest BCUT2D eigenvalue weighted by atomic mass is 10.2. The van der Waals surface area contributed by atoms with Crippen molar-refractivity contribution in [3.63, 3.8) is 0 Å². The highest BCUT2D eigenvalue weighted by Gasteiger charge is 2.24. The summed E-state index contributed by atoms with van der Waals surface area (Å²) in [5, 5.41) is 0. The zero-order valence-corrected chi connectivity index (χ0v) is 15.6. The lowest BCUT2D eigenvalue weighted by Gasteiger charge is -2.36. The Morgan fingerprint density at radius 2 is 1.93 bits per heavy atom. The van der Waals surface area contributed by atoms with Crippen molar-refractivity contribution in [2.45, 2.75) is 6.92 Å². The molecule has 0 aliphatic carbocycles. The Hall–Kier alpha value is -3.09. The van der Waals surface area contributed by atoms with E-state index < -0.39 is 0 Å². The molecule has 0 atom stereocenters. The summed E-state index contributed by atoms with van der Waals surface area (Å²) in [6.07, 6.45) is 3.35. The minimum absolute atomic E-state index is 0.00722. The molecule has 1 fully saturated rings. The van der Waals surface area contributed by atoms with Gasteiger partial charge in [-0.1, -0.05) is 12.1 Å². The number of hydrogen-bond acceptors (Lipinski definition) is 5. The highest BCUT2D eigenvalue weighted by Crippen LogP contribution is 2.29. The number of benzene rings is 1. The van der Waals surface area contributed by atoms with Crippen molar-refractivity contribution in [2.24, 2.45) is 7.05 Å². The second kappa shape index (κ2) is 7.26. The molecule has 1 saturated heterocycles. The van der Waals surface area contributed by atoms with E-state index in [9.17, 15) is 4.79 Å². The predicted octanol–water partition coefficient (Wildman–Crippen LogP) is 2.33. The Labute approximate surface area is 158 Å². The van der Waals surface area contributed by atoms with Crippen LogP contribution in [0.3, 0.4) is 0 Å². The zero-order valence-electron chi connectivity index (χ0n) is 15.6. The van der Waals surface area contributed by atoms with Crippen LogP contribution >= 0.6 is 0 Å². The number of aromatic nitrogens is 3. The lowest BCUT2D eigenvalue weighted by molar-refractivity contribution is 0.0746. The van der Waals surface area contributed by atoms with Crippen LogP contribution in [-0.2, 0) is 7.05 Å². The van der Waals surface area contributed by atoms with Crippen molar-refractivity contribution >= 4 is 22.8 Å². The highest BCUT2D eigenvalue weighted by atomic mass is 16.5. The Bertz CT molecular complexity index is 960. The van der Waals surface area contributed by atoms with Crippen LogP contribution < -0.4 is 9.64 Å². The first-order chi connectivity index (χ1) is 13.2. The Morgan fingerprint density at radius 3 is 2.70 bits per heavy atom. The molecule has 0 saturated carbocycles. The van der Waals surface area contributed by atoms with E-state index in [0.29, 0.717) is 25.3 Å². The fraction of sp³-hybridized carbons (Fsp3) is 0.350. The van der Waals surface area contributed by atoms with Crippen LogP contribution in [0, 0.1) is 0 Å². The van der Waals surface area contributed by atoms with Gasteiger partial charge in [-0.2, -0.15) is 0 Å². The number of fused-ring (bicyclic) bond motifs is 1. The topological polar surface area (TPSA) is 63.5 Å². The van der Waals surface area contributed by atoms with E-state index in [-0.39, 0.29) is 5.91 Å². The molecule has 0 unspecified atom stereocenters. The molecular formula is C20H23N5O2. The smallest absolute Gasteiger partial charge is 0.255 e. The molecule has 4 rings (SSSR count).